The van der Waals surface area contributed by atoms with Gasteiger partial charge in [0.05, 0.1) is 14.8 Å². The number of nitro groups is 3. The highest BCUT2D eigenvalue weighted by atomic mass is 16.6. The molecule has 3 aliphatic rings. The van der Waals surface area contributed by atoms with E-state index < -0.39 is 26.6 Å². The predicted molar refractivity (Wildman–Crippen MR) is 114 cm³/mol. The van der Waals surface area contributed by atoms with E-state index in [2.05, 4.69) is 0 Å². The van der Waals surface area contributed by atoms with Crippen LogP contribution in [0.15, 0.2) is 36.4 Å². The molecule has 12 heteroatoms. The van der Waals surface area contributed by atoms with Gasteiger partial charge < -0.3 is 17.2 Å². The molecule has 160 valence electrons. The van der Waals surface area contributed by atoms with E-state index in [1.54, 1.807) is 6.07 Å². The molecule has 2 bridgehead atoms. The van der Waals surface area contributed by atoms with Crippen LogP contribution in [0, 0.1) is 30.3 Å². The molecule has 3 aromatic carbocycles. The van der Waals surface area contributed by atoms with E-state index in [1.165, 1.54) is 30.3 Å². The van der Waals surface area contributed by atoms with Crippen LogP contribution < -0.4 is 17.2 Å². The summed E-state index contributed by atoms with van der Waals surface area (Å²) in [6.07, 6.45) is 0. The zero-order chi connectivity index (χ0) is 23.1. The molecular formula is C20H14N6O6. The van der Waals surface area contributed by atoms with Crippen molar-refractivity contribution in [3.63, 3.8) is 0 Å². The SMILES string of the molecule is Nc1cc2c(cc1[N+](=O)[O-])[C@H]1c3cc(N)c([N+](=O)[O-])cc3[C@@H]2c2c1ccc([N+](=O)[O-])c2N. The molecule has 3 aromatic rings. The topological polar surface area (TPSA) is 207 Å². The van der Waals surface area contributed by atoms with Gasteiger partial charge in [-0.25, -0.2) is 0 Å². The molecule has 0 amide bonds. The van der Waals surface area contributed by atoms with Crippen molar-refractivity contribution < 1.29 is 14.8 Å². The number of nitrogens with two attached hydrogens (primary N) is 3. The second-order valence-corrected chi connectivity index (χ2v) is 7.72. The lowest BCUT2D eigenvalue weighted by molar-refractivity contribution is -0.384. The quantitative estimate of drug-likeness (QED) is 0.216. The molecule has 32 heavy (non-hydrogen) atoms. The number of hydrogen-bond donors (Lipinski definition) is 3. The van der Waals surface area contributed by atoms with Crippen LogP contribution in [0.3, 0.4) is 0 Å². The first-order valence-corrected chi connectivity index (χ1v) is 9.33. The largest absolute Gasteiger partial charge is 0.393 e. The summed E-state index contributed by atoms with van der Waals surface area (Å²) in [5.41, 5.74) is 20.3. The number of nitrogen functional groups attached to an aromatic ring is 3. The summed E-state index contributed by atoms with van der Waals surface area (Å²) in [5.74, 6) is -1.34. The van der Waals surface area contributed by atoms with Gasteiger partial charge in [-0.15, -0.1) is 0 Å². The Morgan fingerprint density at radius 3 is 1.53 bits per heavy atom. The number of hydrogen-bond acceptors (Lipinski definition) is 9. The molecule has 0 saturated heterocycles. The van der Waals surface area contributed by atoms with E-state index in [0.29, 0.717) is 33.4 Å². The Morgan fingerprint density at radius 2 is 1.03 bits per heavy atom. The van der Waals surface area contributed by atoms with Crippen LogP contribution in [-0.4, -0.2) is 14.8 Å². The molecule has 2 atom stereocenters. The number of anilines is 3. The lowest BCUT2D eigenvalue weighted by Crippen LogP contribution is -2.29. The Hall–Kier alpha value is -4.74. The molecule has 0 saturated carbocycles. The van der Waals surface area contributed by atoms with E-state index in [9.17, 15) is 30.3 Å². The Kier molecular flexibility index (Phi) is 3.69. The standard InChI is InChI=1S/C20H14N6O6/c21-12-3-8-11(6-16(12)26(31)32)18-9-4-13(22)15(25(29)30)5-10(9)17(8)7-1-2-14(24(27)28)20(23)19(7)18/h1-6,17-18H,21-23H2/t17-,18-/m1/s1. The van der Waals surface area contributed by atoms with Gasteiger partial charge in [0.1, 0.15) is 17.1 Å². The monoisotopic (exact) mass is 434 g/mol. The van der Waals surface area contributed by atoms with E-state index in [-0.39, 0.29) is 34.1 Å². The highest BCUT2D eigenvalue weighted by molar-refractivity contribution is 5.82. The van der Waals surface area contributed by atoms with Crippen LogP contribution in [0.2, 0.25) is 0 Å². The Morgan fingerprint density at radius 1 is 0.594 bits per heavy atom. The van der Waals surface area contributed by atoms with Crippen LogP contribution in [-0.2, 0) is 0 Å². The van der Waals surface area contributed by atoms with Crippen LogP contribution in [0.5, 0.6) is 0 Å². The van der Waals surface area contributed by atoms with E-state index in [0.717, 1.165) is 0 Å². The minimum Gasteiger partial charge on any atom is -0.393 e. The fraction of sp³-hybridized carbons (Fsp3) is 0.100. The molecular weight excluding hydrogens is 420 g/mol. The molecule has 3 aliphatic carbocycles. The molecule has 12 nitrogen and oxygen atoms in total. The Balaban J connectivity index is 1.90. The summed E-state index contributed by atoms with van der Waals surface area (Å²) in [6, 6.07) is 8.49. The highest BCUT2D eigenvalue weighted by Crippen LogP contribution is 2.60. The van der Waals surface area contributed by atoms with Crippen LogP contribution in [0.25, 0.3) is 0 Å². The van der Waals surface area contributed by atoms with Crippen LogP contribution in [0.1, 0.15) is 45.2 Å². The van der Waals surface area contributed by atoms with Crippen molar-refractivity contribution in [3.8, 4) is 0 Å². The molecule has 0 heterocycles. The zero-order valence-corrected chi connectivity index (χ0v) is 16.1. The molecule has 0 aliphatic heterocycles. The van der Waals surface area contributed by atoms with Crippen LogP contribution >= 0.6 is 0 Å². The van der Waals surface area contributed by atoms with Crippen molar-refractivity contribution in [1.29, 1.82) is 0 Å². The molecule has 0 unspecified atom stereocenters. The lowest BCUT2D eigenvalue weighted by Gasteiger charge is -2.42. The summed E-state index contributed by atoms with van der Waals surface area (Å²) < 4.78 is 0. The summed E-state index contributed by atoms with van der Waals surface area (Å²) in [7, 11) is 0. The van der Waals surface area contributed by atoms with Gasteiger partial charge in [-0.1, -0.05) is 6.07 Å². The maximum absolute atomic E-state index is 11.5. The van der Waals surface area contributed by atoms with Gasteiger partial charge in [0.25, 0.3) is 17.1 Å². The van der Waals surface area contributed by atoms with E-state index in [4.69, 9.17) is 17.2 Å². The van der Waals surface area contributed by atoms with Gasteiger partial charge in [0, 0.05) is 30.0 Å². The minimum absolute atomic E-state index is 0.0516. The average Bonchev–Trinajstić information content (AvgIpc) is 2.71. The van der Waals surface area contributed by atoms with Crippen molar-refractivity contribution in [1.82, 2.24) is 0 Å². The third-order valence-corrected chi connectivity index (χ3v) is 6.20. The van der Waals surface area contributed by atoms with Gasteiger partial charge in [-0.2, -0.15) is 0 Å². The first-order valence-electron chi connectivity index (χ1n) is 9.33. The third-order valence-electron chi connectivity index (χ3n) is 6.20. The lowest BCUT2D eigenvalue weighted by atomic mass is 9.60. The molecule has 0 fully saturated rings. The van der Waals surface area contributed by atoms with Crippen LogP contribution in [0.4, 0.5) is 34.1 Å². The van der Waals surface area contributed by atoms with Crippen molar-refractivity contribution >= 4 is 34.1 Å². The Labute approximate surface area is 178 Å². The van der Waals surface area contributed by atoms with Gasteiger partial charge in [-0.05, 0) is 45.5 Å². The minimum atomic E-state index is -0.734. The maximum atomic E-state index is 11.5. The summed E-state index contributed by atoms with van der Waals surface area (Å²) in [6.45, 7) is 0. The van der Waals surface area contributed by atoms with Crippen molar-refractivity contribution in [2.75, 3.05) is 17.2 Å². The van der Waals surface area contributed by atoms with Crippen molar-refractivity contribution in [2.45, 2.75) is 11.8 Å². The predicted octanol–water partition coefficient (Wildman–Crippen LogP) is 3.15. The smallest absolute Gasteiger partial charge is 0.292 e. The second-order valence-electron chi connectivity index (χ2n) is 7.72. The normalized spacial score (nSPS) is 17.2. The Bertz CT molecular complexity index is 1420. The molecule has 0 spiro atoms. The van der Waals surface area contributed by atoms with E-state index >= 15 is 0 Å². The average molecular weight is 434 g/mol. The molecule has 6 N–H and O–H groups in total. The fourth-order valence-electron chi connectivity index (χ4n) is 4.95. The van der Waals surface area contributed by atoms with E-state index in [1.807, 2.05) is 0 Å². The zero-order valence-electron chi connectivity index (χ0n) is 16.1. The number of nitrogens with zero attached hydrogens (tertiary/aromatic N) is 3. The van der Waals surface area contributed by atoms with Crippen molar-refractivity contribution in [2.24, 2.45) is 0 Å². The number of nitro benzene ring substituents is 3. The van der Waals surface area contributed by atoms with Gasteiger partial charge in [-0.3, -0.25) is 30.3 Å². The first-order chi connectivity index (χ1) is 15.1. The summed E-state index contributed by atoms with van der Waals surface area (Å²) in [4.78, 5) is 32.7. The molecule has 6 rings (SSSR count). The number of benzene rings is 3. The molecule has 0 radical (unpaired) electrons. The van der Waals surface area contributed by atoms with Crippen molar-refractivity contribution in [3.05, 3.63) is 100 Å². The number of rotatable bonds is 3. The summed E-state index contributed by atoms with van der Waals surface area (Å²) in [5, 5.41) is 34.5. The maximum Gasteiger partial charge on any atom is 0.292 e. The van der Waals surface area contributed by atoms with Gasteiger partial charge in [0.2, 0.25) is 0 Å². The molecule has 0 aromatic heterocycles. The third kappa shape index (κ3) is 2.31. The fourth-order valence-corrected chi connectivity index (χ4v) is 4.95. The first kappa shape index (κ1) is 19.2. The van der Waals surface area contributed by atoms with Gasteiger partial charge in [0.15, 0.2) is 0 Å². The van der Waals surface area contributed by atoms with Gasteiger partial charge >= 0.3 is 0 Å². The summed E-state index contributed by atoms with van der Waals surface area (Å²) >= 11 is 0. The second kappa shape index (κ2) is 6.14. The highest BCUT2D eigenvalue weighted by Gasteiger charge is 2.46.